The summed E-state index contributed by atoms with van der Waals surface area (Å²) in [6.07, 6.45) is 2.51. The van der Waals surface area contributed by atoms with Crippen molar-refractivity contribution in [3.8, 4) is 5.88 Å². The molecule has 9 rings (SSSR count). The Morgan fingerprint density at radius 1 is 1.15 bits per heavy atom. The number of ether oxygens (including phenoxy) is 2. The minimum absolute atomic E-state index is 0.122. The van der Waals surface area contributed by atoms with E-state index in [9.17, 15) is 13.6 Å². The highest BCUT2D eigenvalue weighted by Crippen LogP contribution is 2.69. The van der Waals surface area contributed by atoms with E-state index in [4.69, 9.17) is 9.47 Å². The van der Waals surface area contributed by atoms with Crippen LogP contribution in [0.2, 0.25) is 0 Å². The molecule has 10 heteroatoms. The van der Waals surface area contributed by atoms with Gasteiger partial charge in [0, 0.05) is 35.0 Å². The van der Waals surface area contributed by atoms with Crippen molar-refractivity contribution in [2.24, 2.45) is 5.41 Å². The number of alkyl carbamates (subject to hydrolysis) is 1. The minimum atomic E-state index is -2.71. The van der Waals surface area contributed by atoms with Gasteiger partial charge in [0.1, 0.15) is 11.8 Å². The summed E-state index contributed by atoms with van der Waals surface area (Å²) in [6.45, 7) is 1.93. The lowest BCUT2D eigenvalue weighted by molar-refractivity contribution is -0.166. The topological polar surface area (TPSA) is 101 Å². The molecule has 4 saturated carbocycles. The molecular weight excluding hydrogens is 432 g/mol. The first-order valence-electron chi connectivity index (χ1n) is 11.6. The molecular formula is C23H27F2N5O3. The third kappa shape index (κ3) is 3.79. The zero-order valence-corrected chi connectivity index (χ0v) is 18.4. The number of nitrogens with zero attached hydrogens (tertiary/aromatic N) is 2. The number of aromatic nitrogens is 3. The number of halogens is 2. The molecule has 0 spiro atoms. The average molecular weight is 459 g/mol. The van der Waals surface area contributed by atoms with E-state index < -0.39 is 6.43 Å². The lowest BCUT2D eigenvalue weighted by atomic mass is 9.38. The van der Waals surface area contributed by atoms with Crippen LogP contribution in [0.25, 0.3) is 0 Å². The van der Waals surface area contributed by atoms with Gasteiger partial charge in [0.2, 0.25) is 5.88 Å². The van der Waals surface area contributed by atoms with Crippen LogP contribution in [-0.4, -0.2) is 39.0 Å². The summed E-state index contributed by atoms with van der Waals surface area (Å²) in [7, 11) is 0. The Labute approximate surface area is 189 Å². The van der Waals surface area contributed by atoms with Gasteiger partial charge in [0.25, 0.3) is 6.43 Å². The van der Waals surface area contributed by atoms with E-state index >= 15 is 0 Å². The van der Waals surface area contributed by atoms with Crippen LogP contribution in [0.4, 0.5) is 25.1 Å². The number of amides is 1. The summed E-state index contributed by atoms with van der Waals surface area (Å²) in [6, 6.07) is 4.82. The van der Waals surface area contributed by atoms with Gasteiger partial charge in [-0.15, -0.1) is 0 Å². The second-order valence-electron chi connectivity index (χ2n) is 10.4. The van der Waals surface area contributed by atoms with Gasteiger partial charge < -0.3 is 20.1 Å². The number of carbonyl (C=O) groups is 1. The van der Waals surface area contributed by atoms with Crippen molar-refractivity contribution in [3.63, 3.8) is 0 Å². The smallest absolute Gasteiger partial charge is 0.407 e. The number of aromatic amines is 1. The summed E-state index contributed by atoms with van der Waals surface area (Å²) in [5.74, 6) is 0.883. The highest BCUT2D eigenvalue weighted by Gasteiger charge is 2.68. The number of H-pyrrole nitrogens is 1. The Balaban J connectivity index is 1.29. The van der Waals surface area contributed by atoms with Gasteiger partial charge in [0.15, 0.2) is 5.82 Å². The maximum Gasteiger partial charge on any atom is 0.407 e. The highest BCUT2D eigenvalue weighted by atomic mass is 19.3. The van der Waals surface area contributed by atoms with Crippen molar-refractivity contribution in [2.75, 3.05) is 5.32 Å². The van der Waals surface area contributed by atoms with Crippen molar-refractivity contribution in [1.29, 1.82) is 0 Å². The van der Waals surface area contributed by atoms with Gasteiger partial charge in [-0.05, 0) is 63.4 Å². The Hall–Kier alpha value is -2.91. The van der Waals surface area contributed by atoms with Gasteiger partial charge in [-0.3, -0.25) is 5.10 Å². The summed E-state index contributed by atoms with van der Waals surface area (Å²) in [5.41, 5.74) is 0.996. The number of hydrogen-bond acceptors (Lipinski definition) is 6. The van der Waals surface area contributed by atoms with Crippen molar-refractivity contribution >= 4 is 17.6 Å². The van der Waals surface area contributed by atoms with Crippen LogP contribution in [0.5, 0.6) is 5.88 Å². The Morgan fingerprint density at radius 3 is 2.76 bits per heavy atom. The van der Waals surface area contributed by atoms with Crippen LogP contribution in [0.15, 0.2) is 18.2 Å². The standard InChI is InChI=1S/C23H27F2N5O3/c1-12-8-22-9-23(10-22,11-22)28-21(31)33-15-3-2-13(4-15)16-7-18(30-29-16)26-14-5-17(20(24)25)27-19(6-14)32-12/h5-7,12-13,15,20H,2-4,8-11H2,1H3,(H,28,31)(H2,26,29,30)/t12-,13-,15+,22?,23?/m0/s1. The Bertz CT molecular complexity index is 1070. The molecule has 1 amide bonds. The van der Waals surface area contributed by atoms with E-state index in [1.165, 1.54) is 6.07 Å². The van der Waals surface area contributed by atoms with E-state index in [-0.39, 0.29) is 46.7 Å². The van der Waals surface area contributed by atoms with Gasteiger partial charge in [-0.2, -0.15) is 5.10 Å². The first-order valence-corrected chi connectivity index (χ1v) is 11.6. The van der Waals surface area contributed by atoms with Gasteiger partial charge in [-0.25, -0.2) is 18.6 Å². The number of carbonyl (C=O) groups excluding carboxylic acids is 1. The molecule has 176 valence electrons. The molecule has 3 atom stereocenters. The van der Waals surface area contributed by atoms with Crippen LogP contribution in [-0.2, 0) is 4.74 Å². The largest absolute Gasteiger partial charge is 0.475 e. The normalized spacial score (nSPS) is 34.9. The van der Waals surface area contributed by atoms with E-state index in [1.54, 1.807) is 6.07 Å². The summed E-state index contributed by atoms with van der Waals surface area (Å²) >= 11 is 0. The molecule has 8 nitrogen and oxygen atoms in total. The fourth-order valence-electron chi connectivity index (χ4n) is 6.46. The molecule has 0 saturated heterocycles. The maximum atomic E-state index is 13.5. The number of anilines is 2. The predicted molar refractivity (Wildman–Crippen MR) is 115 cm³/mol. The lowest BCUT2D eigenvalue weighted by Gasteiger charge is -2.71. The van der Waals surface area contributed by atoms with Crippen LogP contribution in [0.1, 0.15) is 75.6 Å². The van der Waals surface area contributed by atoms with Crippen molar-refractivity contribution < 1.29 is 23.0 Å². The Morgan fingerprint density at radius 2 is 1.97 bits per heavy atom. The maximum absolute atomic E-state index is 13.5. The monoisotopic (exact) mass is 459 g/mol. The van der Waals surface area contributed by atoms with Crippen molar-refractivity contribution in [1.82, 2.24) is 20.5 Å². The molecule has 2 aromatic heterocycles. The molecule has 0 radical (unpaired) electrons. The average Bonchev–Trinajstić information content (AvgIpc) is 3.34. The van der Waals surface area contributed by atoms with Crippen LogP contribution in [0, 0.1) is 5.41 Å². The first-order chi connectivity index (χ1) is 15.8. The molecule has 2 aromatic rings. The van der Waals surface area contributed by atoms with E-state index in [1.807, 2.05) is 13.0 Å². The second kappa shape index (κ2) is 7.30. The number of pyridine rings is 1. The molecule has 4 fully saturated rings. The van der Waals surface area contributed by atoms with E-state index in [0.29, 0.717) is 11.5 Å². The number of hydrogen-bond donors (Lipinski definition) is 3. The summed E-state index contributed by atoms with van der Waals surface area (Å²) in [5, 5.41) is 13.5. The second-order valence-corrected chi connectivity index (χ2v) is 10.4. The predicted octanol–water partition coefficient (Wildman–Crippen LogP) is 4.94. The fraction of sp³-hybridized carbons (Fsp3) is 0.609. The van der Waals surface area contributed by atoms with E-state index in [0.717, 1.165) is 50.6 Å². The van der Waals surface area contributed by atoms with Gasteiger partial charge in [0.05, 0.1) is 6.10 Å². The third-order valence-corrected chi connectivity index (χ3v) is 7.56. The molecule has 0 aromatic carbocycles. The molecule has 3 aliphatic heterocycles. The zero-order chi connectivity index (χ0) is 22.8. The summed E-state index contributed by atoms with van der Waals surface area (Å²) < 4.78 is 38.7. The third-order valence-electron chi connectivity index (χ3n) is 7.56. The number of nitrogens with one attached hydrogen (secondary N) is 3. The molecule has 33 heavy (non-hydrogen) atoms. The van der Waals surface area contributed by atoms with Crippen molar-refractivity contribution in [3.05, 3.63) is 29.6 Å². The molecule has 0 unspecified atom stereocenters. The highest BCUT2D eigenvalue weighted by molar-refractivity contribution is 5.69. The fourth-order valence-corrected chi connectivity index (χ4v) is 6.46. The molecule has 8 bridgehead atoms. The Kier molecular flexibility index (Phi) is 4.57. The molecule has 4 aliphatic carbocycles. The number of alkyl halides is 2. The number of rotatable bonds is 1. The quantitative estimate of drug-likeness (QED) is 0.558. The minimum Gasteiger partial charge on any atom is -0.475 e. The zero-order valence-electron chi connectivity index (χ0n) is 18.4. The van der Waals surface area contributed by atoms with E-state index in [2.05, 4.69) is 25.8 Å². The van der Waals surface area contributed by atoms with Crippen LogP contribution < -0.4 is 15.4 Å². The molecule has 3 N–H and O–H groups in total. The molecule has 5 heterocycles. The van der Waals surface area contributed by atoms with Gasteiger partial charge >= 0.3 is 6.09 Å². The van der Waals surface area contributed by atoms with Gasteiger partial charge in [-0.1, -0.05) is 0 Å². The lowest BCUT2D eigenvalue weighted by Crippen LogP contribution is -2.75. The summed E-state index contributed by atoms with van der Waals surface area (Å²) in [4.78, 5) is 16.5. The first kappa shape index (κ1) is 20.7. The SMILES string of the molecule is C[C@H]1CC23CC(C2)(C3)NC(=O)O[C@@H]2CC[C@@H](C2)c2cc(n[nH]2)Nc2cc(nc(C(F)F)c2)O1. The van der Waals surface area contributed by atoms with Crippen LogP contribution in [0.3, 0.4) is 0 Å². The molecule has 7 aliphatic rings. The van der Waals surface area contributed by atoms with Crippen LogP contribution >= 0.6 is 0 Å². The van der Waals surface area contributed by atoms with Crippen molar-refractivity contribution in [2.45, 2.75) is 82.0 Å².